The summed E-state index contributed by atoms with van der Waals surface area (Å²) in [7, 11) is 0. The third-order valence-corrected chi connectivity index (χ3v) is 5.37. The van der Waals surface area contributed by atoms with Gasteiger partial charge in [0.05, 0.1) is 18.5 Å². The van der Waals surface area contributed by atoms with Gasteiger partial charge < -0.3 is 9.84 Å². The third kappa shape index (κ3) is 4.54. The summed E-state index contributed by atoms with van der Waals surface area (Å²) in [6.45, 7) is 6.43. The van der Waals surface area contributed by atoms with Gasteiger partial charge in [-0.2, -0.15) is 5.10 Å². The number of hydrogen-bond acceptors (Lipinski definition) is 5. The van der Waals surface area contributed by atoms with E-state index in [0.29, 0.717) is 17.9 Å². The van der Waals surface area contributed by atoms with E-state index in [1.807, 2.05) is 56.5 Å². The van der Waals surface area contributed by atoms with Crippen molar-refractivity contribution in [2.45, 2.75) is 26.8 Å². The summed E-state index contributed by atoms with van der Waals surface area (Å²) in [5.74, 6) is 0.522. The third-order valence-electron chi connectivity index (χ3n) is 3.85. The van der Waals surface area contributed by atoms with Crippen molar-refractivity contribution in [1.82, 2.24) is 4.68 Å². The Hall–Kier alpha value is -2.38. The summed E-state index contributed by atoms with van der Waals surface area (Å²) in [5.41, 5.74) is 2.53. The van der Waals surface area contributed by atoms with Crippen LogP contribution in [0.15, 0.2) is 62.4 Å². The lowest BCUT2D eigenvalue weighted by Crippen LogP contribution is -2.14. The number of halogens is 1. The molecule has 0 bridgehead atoms. The van der Waals surface area contributed by atoms with Crippen LogP contribution in [0.1, 0.15) is 26.3 Å². The fraction of sp³-hybridized carbons (Fsp3) is 0.238. The van der Waals surface area contributed by atoms with Crippen molar-refractivity contribution in [2.75, 3.05) is 6.61 Å². The molecule has 1 heterocycles. The van der Waals surface area contributed by atoms with Crippen molar-refractivity contribution in [1.29, 1.82) is 0 Å². The predicted molar refractivity (Wildman–Crippen MR) is 118 cm³/mol. The van der Waals surface area contributed by atoms with Crippen LogP contribution < -0.4 is 9.54 Å². The molecule has 0 fully saturated rings. The molecule has 0 atom stereocenters. The average Bonchev–Trinajstić information content (AvgIpc) is 3.04. The van der Waals surface area contributed by atoms with Crippen LogP contribution >= 0.6 is 27.3 Å². The zero-order valence-electron chi connectivity index (χ0n) is 16.0. The Morgan fingerprint density at radius 2 is 2.00 bits per heavy atom. The first-order chi connectivity index (χ1) is 13.5. The van der Waals surface area contributed by atoms with Gasteiger partial charge >= 0.3 is 0 Å². The van der Waals surface area contributed by atoms with Gasteiger partial charge in [0.15, 0.2) is 11.5 Å². The van der Waals surface area contributed by atoms with Gasteiger partial charge in [-0.25, -0.2) is 4.68 Å². The standard InChI is InChI=1S/C21H22BrN3O2S/c1-4-27-19-11-7-8-15(20(19)26)12-23-25-18(13-28-21(25)24-14(2)3)16-9-5-6-10-17(16)22/h5-14,26H,4H2,1-3H3. The SMILES string of the molecule is CCOc1cccc(C=Nn2c(-c3ccccc3Br)csc2=NC(C)C)c1O. The molecule has 0 aliphatic carbocycles. The Kier molecular flexibility index (Phi) is 6.70. The molecule has 5 nitrogen and oxygen atoms in total. The Balaban J connectivity index is 2.11. The molecule has 0 spiro atoms. The summed E-state index contributed by atoms with van der Waals surface area (Å²) in [6.07, 6.45) is 1.63. The van der Waals surface area contributed by atoms with Crippen LogP contribution in [0.5, 0.6) is 11.5 Å². The summed E-state index contributed by atoms with van der Waals surface area (Å²) >= 11 is 5.15. The molecular weight excluding hydrogens is 438 g/mol. The van der Waals surface area contributed by atoms with E-state index in [1.54, 1.807) is 23.0 Å². The first-order valence-electron chi connectivity index (χ1n) is 8.99. The number of thiazole rings is 1. The molecule has 28 heavy (non-hydrogen) atoms. The minimum atomic E-state index is 0.0775. The fourth-order valence-corrected chi connectivity index (χ4v) is 4.06. The minimum Gasteiger partial charge on any atom is -0.504 e. The largest absolute Gasteiger partial charge is 0.504 e. The second-order valence-electron chi connectivity index (χ2n) is 6.29. The zero-order chi connectivity index (χ0) is 20.1. The Bertz CT molecular complexity index is 1050. The first kappa shape index (κ1) is 20.4. The van der Waals surface area contributed by atoms with Crippen LogP contribution in [-0.2, 0) is 0 Å². The summed E-state index contributed by atoms with van der Waals surface area (Å²) in [5, 5.41) is 17.1. The summed E-state index contributed by atoms with van der Waals surface area (Å²) in [6, 6.07) is 13.5. The molecule has 1 N–H and O–H groups in total. The van der Waals surface area contributed by atoms with Crippen molar-refractivity contribution in [2.24, 2.45) is 10.1 Å². The van der Waals surface area contributed by atoms with Crippen LogP contribution in [0.3, 0.4) is 0 Å². The first-order valence-corrected chi connectivity index (χ1v) is 10.7. The Labute approximate surface area is 176 Å². The quantitative estimate of drug-likeness (QED) is 0.510. The highest BCUT2D eigenvalue weighted by Crippen LogP contribution is 2.30. The van der Waals surface area contributed by atoms with E-state index in [4.69, 9.17) is 4.74 Å². The Morgan fingerprint density at radius 3 is 2.71 bits per heavy atom. The molecule has 0 saturated carbocycles. The van der Waals surface area contributed by atoms with Gasteiger partial charge in [-0.3, -0.25) is 4.99 Å². The van der Waals surface area contributed by atoms with E-state index >= 15 is 0 Å². The summed E-state index contributed by atoms with van der Waals surface area (Å²) < 4.78 is 8.24. The maximum Gasteiger partial charge on any atom is 0.206 e. The smallest absolute Gasteiger partial charge is 0.206 e. The number of ether oxygens (including phenoxy) is 1. The lowest BCUT2D eigenvalue weighted by Gasteiger charge is -2.08. The topological polar surface area (TPSA) is 59.1 Å². The van der Waals surface area contributed by atoms with Gasteiger partial charge in [0, 0.05) is 27.0 Å². The average molecular weight is 460 g/mol. The summed E-state index contributed by atoms with van der Waals surface area (Å²) in [4.78, 5) is 5.47. The van der Waals surface area contributed by atoms with E-state index in [1.165, 1.54) is 11.3 Å². The lowest BCUT2D eigenvalue weighted by molar-refractivity contribution is 0.318. The number of rotatable bonds is 6. The van der Waals surface area contributed by atoms with E-state index in [0.717, 1.165) is 20.5 Å². The molecule has 0 radical (unpaired) electrons. The minimum absolute atomic E-state index is 0.0775. The second-order valence-corrected chi connectivity index (χ2v) is 7.98. The molecule has 0 aliphatic rings. The van der Waals surface area contributed by atoms with Crippen LogP contribution in [0.2, 0.25) is 0 Å². The van der Waals surface area contributed by atoms with Gasteiger partial charge in [0.2, 0.25) is 4.80 Å². The molecule has 1 aromatic heterocycles. The number of phenols is 1. The van der Waals surface area contributed by atoms with Gasteiger partial charge in [0.1, 0.15) is 0 Å². The Morgan fingerprint density at radius 1 is 1.21 bits per heavy atom. The van der Waals surface area contributed by atoms with E-state index in [2.05, 4.69) is 26.0 Å². The molecule has 0 aliphatic heterocycles. The van der Waals surface area contributed by atoms with Crippen molar-refractivity contribution in [3.05, 3.63) is 62.7 Å². The van der Waals surface area contributed by atoms with E-state index in [-0.39, 0.29) is 11.8 Å². The van der Waals surface area contributed by atoms with Crippen molar-refractivity contribution >= 4 is 33.5 Å². The van der Waals surface area contributed by atoms with Crippen LogP contribution in [-0.4, -0.2) is 28.6 Å². The number of aromatic hydroxyl groups is 1. The highest BCUT2D eigenvalue weighted by Gasteiger charge is 2.11. The number of hydrogen-bond donors (Lipinski definition) is 1. The van der Waals surface area contributed by atoms with Gasteiger partial charge in [-0.15, -0.1) is 11.3 Å². The number of phenolic OH excluding ortho intramolecular Hbond substituents is 1. The van der Waals surface area contributed by atoms with Gasteiger partial charge in [-0.1, -0.05) is 40.2 Å². The zero-order valence-corrected chi connectivity index (χ0v) is 18.4. The second kappa shape index (κ2) is 9.21. The van der Waals surface area contributed by atoms with Crippen LogP contribution in [0.25, 0.3) is 11.3 Å². The molecule has 3 aromatic rings. The molecule has 146 valence electrons. The number of benzene rings is 2. The fourth-order valence-electron chi connectivity index (χ4n) is 2.61. The van der Waals surface area contributed by atoms with Crippen molar-refractivity contribution in [3.8, 4) is 22.8 Å². The molecule has 0 amide bonds. The highest BCUT2D eigenvalue weighted by molar-refractivity contribution is 9.10. The van der Waals surface area contributed by atoms with E-state index < -0.39 is 0 Å². The van der Waals surface area contributed by atoms with Crippen LogP contribution in [0.4, 0.5) is 0 Å². The van der Waals surface area contributed by atoms with Crippen molar-refractivity contribution < 1.29 is 9.84 Å². The molecule has 7 heteroatoms. The molecule has 0 saturated heterocycles. The number of nitrogens with zero attached hydrogens (tertiary/aromatic N) is 3. The monoisotopic (exact) mass is 459 g/mol. The highest BCUT2D eigenvalue weighted by atomic mass is 79.9. The van der Waals surface area contributed by atoms with Gasteiger partial charge in [-0.05, 0) is 39.0 Å². The van der Waals surface area contributed by atoms with Crippen LogP contribution in [0, 0.1) is 0 Å². The van der Waals surface area contributed by atoms with Gasteiger partial charge in [0.25, 0.3) is 0 Å². The predicted octanol–water partition coefficient (Wildman–Crippen LogP) is 5.27. The maximum atomic E-state index is 10.4. The molecule has 2 aromatic carbocycles. The lowest BCUT2D eigenvalue weighted by atomic mass is 10.2. The molecular formula is C21H22BrN3O2S. The molecule has 3 rings (SSSR count). The normalized spacial score (nSPS) is 12.2. The number of aromatic nitrogens is 1. The van der Waals surface area contributed by atoms with E-state index in [9.17, 15) is 5.11 Å². The number of para-hydroxylation sites is 1. The maximum absolute atomic E-state index is 10.4. The van der Waals surface area contributed by atoms with Crippen molar-refractivity contribution in [3.63, 3.8) is 0 Å². The molecule has 0 unspecified atom stereocenters.